The first kappa shape index (κ1) is 16.3. The number of methoxy groups -OCH3 is 1. The number of nitrogens with two attached hydrogens (primary N) is 1. The Kier molecular flexibility index (Phi) is 5.39. The van der Waals surface area contributed by atoms with Gasteiger partial charge in [0.15, 0.2) is 0 Å². The molecule has 0 fully saturated rings. The second-order valence-corrected chi connectivity index (χ2v) is 5.74. The van der Waals surface area contributed by atoms with Crippen LogP contribution in [0.1, 0.15) is 36.2 Å². The third kappa shape index (κ3) is 4.13. The van der Waals surface area contributed by atoms with Crippen LogP contribution < -0.4 is 11.1 Å². The molecule has 112 valence electrons. The summed E-state index contributed by atoms with van der Waals surface area (Å²) in [6.45, 7) is 6.84. The number of carbonyl (C=O) groups excluding carboxylic acids is 1. The summed E-state index contributed by atoms with van der Waals surface area (Å²) in [5.41, 5.74) is 8.33. The number of nitrogen functional groups attached to an aromatic ring is 1. The number of esters is 1. The fraction of sp³-hybridized carbons (Fsp3) is 0.533. The number of hydrogen-bond acceptors (Lipinski definition) is 5. The standard InChI is InChI=1S/C15H24N2O3/c1-10-7-11(17-9-15(2,3)5-6-18)8-12(13(10)16)14(19)20-4/h7-8,17-18H,5-6,9,16H2,1-4H3. The summed E-state index contributed by atoms with van der Waals surface area (Å²) < 4.78 is 4.73. The van der Waals surface area contributed by atoms with Crippen molar-refractivity contribution < 1.29 is 14.6 Å². The van der Waals surface area contributed by atoms with E-state index in [4.69, 9.17) is 15.6 Å². The Labute approximate surface area is 120 Å². The van der Waals surface area contributed by atoms with Crippen LogP contribution in [0.3, 0.4) is 0 Å². The van der Waals surface area contributed by atoms with E-state index < -0.39 is 5.97 Å². The van der Waals surface area contributed by atoms with Gasteiger partial charge in [0.05, 0.1) is 12.7 Å². The van der Waals surface area contributed by atoms with Gasteiger partial charge < -0.3 is 20.9 Å². The van der Waals surface area contributed by atoms with Gasteiger partial charge in [-0.1, -0.05) is 13.8 Å². The van der Waals surface area contributed by atoms with E-state index in [9.17, 15) is 4.79 Å². The maximum Gasteiger partial charge on any atom is 0.340 e. The SMILES string of the molecule is COC(=O)c1cc(NCC(C)(C)CCO)cc(C)c1N. The number of hydrogen-bond donors (Lipinski definition) is 3. The summed E-state index contributed by atoms with van der Waals surface area (Å²) in [4.78, 5) is 11.7. The molecular weight excluding hydrogens is 256 g/mol. The quantitative estimate of drug-likeness (QED) is 0.549. The molecule has 0 unspecified atom stereocenters. The number of ether oxygens (including phenoxy) is 1. The van der Waals surface area contributed by atoms with Crippen LogP contribution in [0.5, 0.6) is 0 Å². The lowest BCUT2D eigenvalue weighted by Crippen LogP contribution is -2.24. The minimum atomic E-state index is -0.441. The van der Waals surface area contributed by atoms with Crippen LogP contribution in [0.2, 0.25) is 0 Å². The molecule has 0 bridgehead atoms. The molecule has 0 saturated carbocycles. The van der Waals surface area contributed by atoms with Gasteiger partial charge in [-0.2, -0.15) is 0 Å². The normalized spacial score (nSPS) is 11.2. The molecule has 5 heteroatoms. The van der Waals surface area contributed by atoms with Crippen molar-refractivity contribution in [2.24, 2.45) is 5.41 Å². The average Bonchev–Trinajstić information content (AvgIpc) is 2.39. The van der Waals surface area contributed by atoms with Crippen molar-refractivity contribution in [3.8, 4) is 0 Å². The molecule has 0 aliphatic rings. The van der Waals surface area contributed by atoms with E-state index >= 15 is 0 Å². The van der Waals surface area contributed by atoms with E-state index in [0.717, 1.165) is 11.3 Å². The second-order valence-electron chi connectivity index (χ2n) is 5.74. The van der Waals surface area contributed by atoms with Crippen LogP contribution >= 0.6 is 0 Å². The van der Waals surface area contributed by atoms with Gasteiger partial charge in [-0.25, -0.2) is 4.79 Å². The lowest BCUT2D eigenvalue weighted by molar-refractivity contribution is 0.0602. The highest BCUT2D eigenvalue weighted by Crippen LogP contribution is 2.26. The molecule has 0 amide bonds. The minimum Gasteiger partial charge on any atom is -0.465 e. The molecule has 0 spiro atoms. The van der Waals surface area contributed by atoms with Crippen molar-refractivity contribution in [3.63, 3.8) is 0 Å². The molecule has 20 heavy (non-hydrogen) atoms. The van der Waals surface area contributed by atoms with Crippen LogP contribution in [0.4, 0.5) is 11.4 Å². The first-order valence-corrected chi connectivity index (χ1v) is 6.64. The van der Waals surface area contributed by atoms with Gasteiger partial charge in [0.25, 0.3) is 0 Å². The van der Waals surface area contributed by atoms with Crippen LogP contribution in [0, 0.1) is 12.3 Å². The highest BCUT2D eigenvalue weighted by atomic mass is 16.5. The Hall–Kier alpha value is -1.75. The summed E-state index contributed by atoms with van der Waals surface area (Å²) in [5, 5.41) is 12.3. The minimum absolute atomic E-state index is 0.0323. The van der Waals surface area contributed by atoms with Crippen LogP contribution in [-0.4, -0.2) is 31.3 Å². The predicted molar refractivity (Wildman–Crippen MR) is 80.9 cm³/mol. The number of nitrogens with one attached hydrogen (secondary N) is 1. The Balaban J connectivity index is 2.92. The number of aliphatic hydroxyl groups excluding tert-OH is 1. The summed E-state index contributed by atoms with van der Waals surface area (Å²) in [6.07, 6.45) is 0.706. The molecule has 0 radical (unpaired) electrons. The second kappa shape index (κ2) is 6.61. The van der Waals surface area contributed by atoms with E-state index in [1.54, 1.807) is 6.07 Å². The number of rotatable bonds is 6. The van der Waals surface area contributed by atoms with E-state index in [1.165, 1.54) is 7.11 Å². The molecule has 1 rings (SSSR count). The molecule has 0 atom stereocenters. The molecule has 1 aromatic carbocycles. The number of carbonyl (C=O) groups is 1. The summed E-state index contributed by atoms with van der Waals surface area (Å²) in [6, 6.07) is 3.60. The molecule has 4 N–H and O–H groups in total. The molecule has 5 nitrogen and oxygen atoms in total. The average molecular weight is 280 g/mol. The van der Waals surface area contributed by atoms with Crippen molar-refractivity contribution in [1.29, 1.82) is 0 Å². The Morgan fingerprint density at radius 3 is 2.65 bits per heavy atom. The van der Waals surface area contributed by atoms with Gasteiger partial charge in [0.1, 0.15) is 0 Å². The van der Waals surface area contributed by atoms with Crippen molar-refractivity contribution >= 4 is 17.3 Å². The first-order chi connectivity index (χ1) is 9.30. The summed E-state index contributed by atoms with van der Waals surface area (Å²) in [7, 11) is 1.33. The molecule has 1 aromatic rings. The third-order valence-electron chi connectivity index (χ3n) is 3.35. The smallest absolute Gasteiger partial charge is 0.340 e. The fourth-order valence-electron chi connectivity index (χ4n) is 1.91. The molecule has 0 aliphatic heterocycles. The summed E-state index contributed by atoms with van der Waals surface area (Å²) in [5.74, 6) is -0.441. The predicted octanol–water partition coefficient (Wildman–Crippen LogP) is 2.18. The Morgan fingerprint density at radius 2 is 2.10 bits per heavy atom. The highest BCUT2D eigenvalue weighted by molar-refractivity contribution is 5.97. The Bertz CT molecular complexity index is 484. The highest BCUT2D eigenvalue weighted by Gasteiger charge is 2.18. The number of aryl methyl sites for hydroxylation is 1. The van der Waals surface area contributed by atoms with Crippen LogP contribution in [-0.2, 0) is 4.74 Å². The van der Waals surface area contributed by atoms with Crippen molar-refractivity contribution in [3.05, 3.63) is 23.3 Å². The van der Waals surface area contributed by atoms with Gasteiger partial charge in [-0.3, -0.25) is 0 Å². The molecule has 0 saturated heterocycles. The molecular formula is C15H24N2O3. The van der Waals surface area contributed by atoms with Gasteiger partial charge in [0.2, 0.25) is 0 Å². The van der Waals surface area contributed by atoms with E-state index in [0.29, 0.717) is 24.2 Å². The van der Waals surface area contributed by atoms with Crippen LogP contribution in [0.25, 0.3) is 0 Å². The van der Waals surface area contributed by atoms with Gasteiger partial charge in [0, 0.05) is 24.5 Å². The lowest BCUT2D eigenvalue weighted by atomic mass is 9.89. The van der Waals surface area contributed by atoms with E-state index in [1.807, 2.05) is 13.0 Å². The van der Waals surface area contributed by atoms with Gasteiger partial charge in [-0.05, 0) is 36.5 Å². The largest absolute Gasteiger partial charge is 0.465 e. The van der Waals surface area contributed by atoms with Crippen molar-refractivity contribution in [2.75, 3.05) is 31.3 Å². The number of benzene rings is 1. The number of aliphatic hydroxyl groups is 1. The van der Waals surface area contributed by atoms with Crippen LogP contribution in [0.15, 0.2) is 12.1 Å². The molecule has 0 aromatic heterocycles. The zero-order valence-electron chi connectivity index (χ0n) is 12.6. The monoisotopic (exact) mass is 280 g/mol. The molecule has 0 aliphatic carbocycles. The number of anilines is 2. The molecule has 0 heterocycles. The van der Waals surface area contributed by atoms with Crippen molar-refractivity contribution in [2.45, 2.75) is 27.2 Å². The Morgan fingerprint density at radius 1 is 1.45 bits per heavy atom. The first-order valence-electron chi connectivity index (χ1n) is 6.64. The summed E-state index contributed by atoms with van der Waals surface area (Å²) >= 11 is 0. The van der Waals surface area contributed by atoms with Crippen molar-refractivity contribution in [1.82, 2.24) is 0 Å². The van der Waals surface area contributed by atoms with Gasteiger partial charge >= 0.3 is 5.97 Å². The maximum atomic E-state index is 11.7. The van der Waals surface area contributed by atoms with E-state index in [2.05, 4.69) is 19.2 Å². The fourth-order valence-corrected chi connectivity index (χ4v) is 1.91. The topological polar surface area (TPSA) is 84.6 Å². The zero-order valence-corrected chi connectivity index (χ0v) is 12.6. The zero-order chi connectivity index (χ0) is 15.3. The van der Waals surface area contributed by atoms with E-state index in [-0.39, 0.29) is 12.0 Å². The van der Waals surface area contributed by atoms with Gasteiger partial charge in [-0.15, -0.1) is 0 Å². The maximum absolute atomic E-state index is 11.7. The third-order valence-corrected chi connectivity index (χ3v) is 3.35. The lowest BCUT2D eigenvalue weighted by Gasteiger charge is -2.25.